The summed E-state index contributed by atoms with van der Waals surface area (Å²) in [6, 6.07) is 11.0. The molecule has 0 radical (unpaired) electrons. The van der Waals surface area contributed by atoms with Gasteiger partial charge in [-0.15, -0.1) is 0 Å². The van der Waals surface area contributed by atoms with Crippen molar-refractivity contribution in [3.8, 4) is 22.6 Å². The summed E-state index contributed by atoms with van der Waals surface area (Å²) < 4.78 is 0. The number of carbonyl (C=O) groups excluding carboxylic acids is 2. The Morgan fingerprint density at radius 1 is 0.973 bits per heavy atom. The number of nitrogens with one attached hydrogen (secondary N) is 2. The van der Waals surface area contributed by atoms with Crippen molar-refractivity contribution in [1.82, 2.24) is 15.0 Å². The van der Waals surface area contributed by atoms with Crippen molar-refractivity contribution >= 4 is 23.3 Å². The smallest absolute Gasteiger partial charge is 0.257 e. The molecule has 2 aliphatic rings. The Labute approximate surface area is 215 Å². The number of pyridine rings is 1. The van der Waals surface area contributed by atoms with Crippen molar-refractivity contribution in [1.29, 1.82) is 0 Å². The molecule has 0 unspecified atom stereocenters. The molecule has 2 aromatic heterocycles. The van der Waals surface area contributed by atoms with Crippen LogP contribution in [0.1, 0.15) is 31.2 Å². The minimum absolute atomic E-state index is 0.00726. The Morgan fingerprint density at radius 3 is 2.46 bits per heavy atom. The number of nitrogens with zero attached hydrogens (tertiary/aromatic N) is 3. The molecule has 9 nitrogen and oxygen atoms in total. The number of rotatable bonds is 8. The van der Waals surface area contributed by atoms with Gasteiger partial charge in [-0.25, -0.2) is 15.0 Å². The van der Waals surface area contributed by atoms with Crippen molar-refractivity contribution in [2.45, 2.75) is 32.6 Å². The Bertz CT molecular complexity index is 1420. The largest absolute Gasteiger partial charge is 0.404 e. The molecule has 9 heteroatoms. The third-order valence-electron chi connectivity index (χ3n) is 6.46. The maximum Gasteiger partial charge on any atom is 0.257 e. The molecule has 37 heavy (non-hydrogen) atoms. The second kappa shape index (κ2) is 10.2. The predicted molar refractivity (Wildman–Crippen MR) is 143 cm³/mol. The molecule has 0 spiro atoms. The van der Waals surface area contributed by atoms with E-state index in [1.165, 1.54) is 6.20 Å². The highest BCUT2D eigenvalue weighted by molar-refractivity contribution is 6.06. The summed E-state index contributed by atoms with van der Waals surface area (Å²) in [5.74, 6) is 1.07. The van der Waals surface area contributed by atoms with E-state index in [1.807, 2.05) is 31.2 Å². The fraction of sp³-hybridized carbons (Fsp3) is 0.250. The van der Waals surface area contributed by atoms with Crippen LogP contribution in [0.2, 0.25) is 0 Å². The monoisotopic (exact) mass is 495 g/mol. The first kappa shape index (κ1) is 24.2. The normalized spacial score (nSPS) is 15.8. The molecular weight excluding hydrogens is 466 g/mol. The van der Waals surface area contributed by atoms with Gasteiger partial charge >= 0.3 is 0 Å². The van der Waals surface area contributed by atoms with Gasteiger partial charge in [-0.3, -0.25) is 9.59 Å². The molecule has 0 saturated heterocycles. The van der Waals surface area contributed by atoms with Gasteiger partial charge < -0.3 is 22.1 Å². The van der Waals surface area contributed by atoms with Gasteiger partial charge in [0.2, 0.25) is 5.91 Å². The molecule has 2 aliphatic carbocycles. The minimum Gasteiger partial charge on any atom is -0.404 e. The molecule has 2 heterocycles. The maximum atomic E-state index is 12.8. The first-order valence-electron chi connectivity index (χ1n) is 12.3. The molecule has 2 amide bonds. The van der Waals surface area contributed by atoms with Gasteiger partial charge in [-0.05, 0) is 80.5 Å². The molecule has 0 aliphatic heterocycles. The van der Waals surface area contributed by atoms with E-state index < -0.39 is 0 Å². The molecule has 2 saturated carbocycles. The van der Waals surface area contributed by atoms with Crippen molar-refractivity contribution in [2.75, 3.05) is 10.6 Å². The number of aromatic nitrogens is 3. The van der Waals surface area contributed by atoms with Gasteiger partial charge in [0.1, 0.15) is 5.82 Å². The number of aryl methyl sites for hydroxylation is 1. The van der Waals surface area contributed by atoms with Crippen LogP contribution in [0.4, 0.5) is 11.5 Å². The number of nitrogens with two attached hydrogens (primary N) is 2. The second-order valence-electron chi connectivity index (χ2n) is 9.48. The van der Waals surface area contributed by atoms with Gasteiger partial charge in [0.25, 0.3) is 5.91 Å². The van der Waals surface area contributed by atoms with E-state index in [1.54, 1.807) is 30.6 Å². The predicted octanol–water partition coefficient (Wildman–Crippen LogP) is 3.90. The number of hydrogen-bond acceptors (Lipinski definition) is 7. The number of benzene rings is 1. The van der Waals surface area contributed by atoms with Crippen LogP contribution in [0.25, 0.3) is 22.6 Å². The standard InChI is InChI=1S/C28H29N7O2/c1-16-2-7-21(33-28(37)20(15-29)12-23(30)17-3-4-17)14-22(16)24-9-11-32-26(34-24)19-8-10-31-25(13-19)35-27(36)18-5-6-18/h2,7-15,17-18H,3-6,29-30H2,1H3,(H,33,37)(H,31,35,36)/b20-15+,23-12-. The number of hydrogen-bond donors (Lipinski definition) is 4. The summed E-state index contributed by atoms with van der Waals surface area (Å²) in [7, 11) is 0. The van der Waals surface area contributed by atoms with Crippen LogP contribution in [-0.4, -0.2) is 26.8 Å². The Kier molecular flexibility index (Phi) is 6.68. The lowest BCUT2D eigenvalue weighted by molar-refractivity contribution is -0.117. The topological polar surface area (TPSA) is 149 Å². The highest BCUT2D eigenvalue weighted by atomic mass is 16.2. The molecule has 0 atom stereocenters. The van der Waals surface area contributed by atoms with Gasteiger partial charge in [0.15, 0.2) is 5.82 Å². The second-order valence-corrected chi connectivity index (χ2v) is 9.48. The van der Waals surface area contributed by atoms with Gasteiger partial charge in [-0.2, -0.15) is 0 Å². The molecular formula is C28H29N7O2. The first-order chi connectivity index (χ1) is 17.9. The SMILES string of the molecule is Cc1ccc(NC(=O)C(/C=C(\N)C2CC2)=C/N)cc1-c1ccnc(-c2ccnc(NC(=O)C3CC3)c2)n1. The van der Waals surface area contributed by atoms with E-state index in [4.69, 9.17) is 16.5 Å². The highest BCUT2D eigenvalue weighted by Crippen LogP contribution is 2.34. The lowest BCUT2D eigenvalue weighted by Gasteiger charge is -2.12. The quantitative estimate of drug-likeness (QED) is 0.273. The Morgan fingerprint density at radius 2 is 1.73 bits per heavy atom. The number of anilines is 2. The van der Waals surface area contributed by atoms with Crippen LogP contribution < -0.4 is 22.1 Å². The molecule has 3 aromatic rings. The highest BCUT2D eigenvalue weighted by Gasteiger charge is 2.30. The third kappa shape index (κ3) is 5.83. The van der Waals surface area contributed by atoms with Crippen molar-refractivity contribution in [3.05, 3.63) is 77.9 Å². The van der Waals surface area contributed by atoms with E-state index in [2.05, 4.69) is 20.6 Å². The molecule has 6 N–H and O–H groups in total. The number of amides is 2. The summed E-state index contributed by atoms with van der Waals surface area (Å²) >= 11 is 0. The van der Waals surface area contributed by atoms with Crippen molar-refractivity contribution < 1.29 is 9.59 Å². The van der Waals surface area contributed by atoms with Gasteiger partial charge in [0.05, 0.1) is 11.3 Å². The van der Waals surface area contributed by atoms with Crippen molar-refractivity contribution in [3.63, 3.8) is 0 Å². The summed E-state index contributed by atoms with van der Waals surface area (Å²) in [6.07, 6.45) is 10.2. The Balaban J connectivity index is 1.37. The van der Waals surface area contributed by atoms with Crippen LogP contribution in [-0.2, 0) is 9.59 Å². The summed E-state index contributed by atoms with van der Waals surface area (Å²) in [5.41, 5.74) is 16.6. The minimum atomic E-state index is -0.332. The van der Waals surface area contributed by atoms with Crippen LogP contribution in [0.3, 0.4) is 0 Å². The van der Waals surface area contributed by atoms with E-state index in [-0.39, 0.29) is 17.7 Å². The molecule has 188 valence electrons. The van der Waals surface area contributed by atoms with E-state index in [9.17, 15) is 9.59 Å². The molecule has 5 rings (SSSR count). The maximum absolute atomic E-state index is 12.8. The van der Waals surface area contributed by atoms with Crippen molar-refractivity contribution in [2.24, 2.45) is 23.3 Å². The fourth-order valence-corrected chi connectivity index (χ4v) is 3.94. The van der Waals surface area contributed by atoms with Crippen LogP contribution in [0.5, 0.6) is 0 Å². The molecule has 2 fully saturated rings. The molecule has 0 bridgehead atoms. The van der Waals surface area contributed by atoms with Crippen LogP contribution >= 0.6 is 0 Å². The number of carbonyl (C=O) groups is 2. The summed E-state index contributed by atoms with van der Waals surface area (Å²) in [5, 5.41) is 5.76. The van der Waals surface area contributed by atoms with E-state index in [0.29, 0.717) is 40.2 Å². The third-order valence-corrected chi connectivity index (χ3v) is 6.46. The lowest BCUT2D eigenvalue weighted by atomic mass is 10.0. The van der Waals surface area contributed by atoms with E-state index in [0.717, 1.165) is 42.4 Å². The fourth-order valence-electron chi connectivity index (χ4n) is 3.94. The molecule has 1 aromatic carbocycles. The van der Waals surface area contributed by atoms with Gasteiger partial charge in [-0.1, -0.05) is 6.07 Å². The summed E-state index contributed by atoms with van der Waals surface area (Å²) in [4.78, 5) is 38.4. The first-order valence-corrected chi connectivity index (χ1v) is 12.3. The summed E-state index contributed by atoms with van der Waals surface area (Å²) in [6.45, 7) is 1.98. The van der Waals surface area contributed by atoms with Crippen LogP contribution in [0, 0.1) is 18.8 Å². The average molecular weight is 496 g/mol. The zero-order valence-electron chi connectivity index (χ0n) is 20.6. The van der Waals surface area contributed by atoms with Gasteiger partial charge in [0, 0.05) is 47.0 Å². The average Bonchev–Trinajstić information content (AvgIpc) is 3.81. The number of allylic oxidation sites excluding steroid dienone is 1. The zero-order valence-corrected chi connectivity index (χ0v) is 20.6. The van der Waals surface area contributed by atoms with Crippen LogP contribution in [0.15, 0.2) is 72.3 Å². The zero-order chi connectivity index (χ0) is 25.9. The Hall–Kier alpha value is -4.53. The van der Waals surface area contributed by atoms with E-state index >= 15 is 0 Å². The lowest BCUT2D eigenvalue weighted by Crippen LogP contribution is -2.16.